The van der Waals surface area contributed by atoms with Crippen molar-refractivity contribution in [3.05, 3.63) is 148 Å². The number of halogens is 4. The molecule has 5 aromatic rings. The molecule has 0 aliphatic heterocycles. The van der Waals surface area contributed by atoms with E-state index in [0.29, 0.717) is 0 Å². The van der Waals surface area contributed by atoms with Gasteiger partial charge in [0.2, 0.25) is 0 Å². The van der Waals surface area contributed by atoms with E-state index in [-0.39, 0.29) is 0 Å². The number of benzene rings is 5. The van der Waals surface area contributed by atoms with E-state index in [1.54, 1.807) is 0 Å². The van der Waals surface area contributed by atoms with Crippen LogP contribution in [0, 0.1) is 13.8 Å². The summed E-state index contributed by atoms with van der Waals surface area (Å²) in [6.07, 6.45) is 0. The zero-order valence-electron chi connectivity index (χ0n) is 20.2. The summed E-state index contributed by atoms with van der Waals surface area (Å²) in [7, 11) is 0. The molecular formula is C33H22Br4. The fourth-order valence-corrected chi connectivity index (χ4v) is 8.51. The van der Waals surface area contributed by atoms with E-state index in [1.165, 1.54) is 55.6 Å². The van der Waals surface area contributed by atoms with Gasteiger partial charge in [-0.1, -0.05) is 130 Å². The van der Waals surface area contributed by atoms with Gasteiger partial charge in [0.25, 0.3) is 0 Å². The van der Waals surface area contributed by atoms with Crippen LogP contribution in [-0.4, -0.2) is 0 Å². The zero-order chi connectivity index (χ0) is 25.9. The minimum Gasteiger partial charge on any atom is -0.0620 e. The Balaban J connectivity index is 1.84. The van der Waals surface area contributed by atoms with Crippen LogP contribution >= 0.6 is 63.7 Å². The van der Waals surface area contributed by atoms with Crippen LogP contribution in [0.15, 0.2) is 115 Å². The summed E-state index contributed by atoms with van der Waals surface area (Å²) >= 11 is 15.2. The molecule has 1 aliphatic carbocycles. The Morgan fingerprint density at radius 2 is 1.05 bits per heavy atom. The molecule has 0 bridgehead atoms. The van der Waals surface area contributed by atoms with Crippen molar-refractivity contribution in [2.45, 2.75) is 19.3 Å². The Morgan fingerprint density at radius 1 is 0.486 bits per heavy atom. The minimum absolute atomic E-state index is 0.504. The van der Waals surface area contributed by atoms with Gasteiger partial charge >= 0.3 is 0 Å². The fraction of sp³-hybridized carbons (Fsp3) is 0.0909. The molecule has 0 nitrogen and oxygen atoms in total. The lowest BCUT2D eigenvalue weighted by atomic mass is 9.67. The highest BCUT2D eigenvalue weighted by Gasteiger charge is 2.47. The fourth-order valence-electron chi connectivity index (χ4n) is 5.92. The van der Waals surface area contributed by atoms with Crippen molar-refractivity contribution in [1.82, 2.24) is 0 Å². The van der Waals surface area contributed by atoms with Gasteiger partial charge in [-0.3, -0.25) is 0 Å². The van der Waals surface area contributed by atoms with Crippen LogP contribution in [0.3, 0.4) is 0 Å². The summed E-state index contributed by atoms with van der Waals surface area (Å²) in [4.78, 5) is 0. The van der Waals surface area contributed by atoms with E-state index in [9.17, 15) is 0 Å². The molecule has 1 aliphatic rings. The minimum atomic E-state index is -0.504. The first kappa shape index (κ1) is 25.3. The van der Waals surface area contributed by atoms with Gasteiger partial charge in [-0.25, -0.2) is 0 Å². The molecule has 182 valence electrons. The summed E-state index contributed by atoms with van der Waals surface area (Å²) in [6.45, 7) is 4.38. The summed E-state index contributed by atoms with van der Waals surface area (Å²) < 4.78 is 4.18. The first-order valence-electron chi connectivity index (χ1n) is 12.0. The quantitative estimate of drug-likeness (QED) is 0.170. The molecule has 0 amide bonds. The van der Waals surface area contributed by atoms with Crippen molar-refractivity contribution in [2.75, 3.05) is 0 Å². The predicted octanol–water partition coefficient (Wildman–Crippen LogP) is 11.4. The van der Waals surface area contributed by atoms with E-state index < -0.39 is 5.41 Å². The molecule has 0 fully saturated rings. The average Bonchev–Trinajstić information content (AvgIpc) is 3.14. The van der Waals surface area contributed by atoms with Gasteiger partial charge < -0.3 is 0 Å². The third-order valence-corrected chi connectivity index (χ3v) is 9.17. The normalized spacial score (nSPS) is 13.4. The van der Waals surface area contributed by atoms with Crippen molar-refractivity contribution in [3.8, 4) is 22.3 Å². The van der Waals surface area contributed by atoms with Crippen LogP contribution in [-0.2, 0) is 5.41 Å². The van der Waals surface area contributed by atoms with Crippen LogP contribution in [0.4, 0.5) is 0 Å². The summed E-state index contributed by atoms with van der Waals surface area (Å²) in [5.41, 5.74) is 12.2. The molecule has 0 saturated carbocycles. The first-order chi connectivity index (χ1) is 17.8. The van der Waals surface area contributed by atoms with Crippen LogP contribution < -0.4 is 0 Å². The molecule has 0 atom stereocenters. The SMILES string of the molecule is Cc1ccc2c(c1)-c1c(-c3ccccc3C)cccc1C2(c1cc(Br)cc(Br)c1)c1cc(Br)cc(Br)c1. The molecule has 5 aromatic carbocycles. The van der Waals surface area contributed by atoms with Gasteiger partial charge in [0.15, 0.2) is 0 Å². The second-order valence-corrected chi connectivity index (χ2v) is 13.3. The van der Waals surface area contributed by atoms with Gasteiger partial charge in [0, 0.05) is 17.9 Å². The van der Waals surface area contributed by atoms with E-state index in [1.807, 2.05) is 0 Å². The summed E-state index contributed by atoms with van der Waals surface area (Å²) in [5.74, 6) is 0. The Hall–Kier alpha value is -1.98. The van der Waals surface area contributed by atoms with Crippen molar-refractivity contribution in [2.24, 2.45) is 0 Å². The number of aryl methyl sites for hydroxylation is 2. The lowest BCUT2D eigenvalue weighted by Crippen LogP contribution is -2.29. The molecule has 0 heterocycles. The van der Waals surface area contributed by atoms with Crippen LogP contribution in [0.1, 0.15) is 33.4 Å². The molecule has 0 unspecified atom stereocenters. The van der Waals surface area contributed by atoms with E-state index >= 15 is 0 Å². The largest absolute Gasteiger partial charge is 0.0715 e. The Labute approximate surface area is 251 Å². The molecule has 0 aromatic heterocycles. The second kappa shape index (κ2) is 9.64. The molecular weight excluding hydrogens is 716 g/mol. The van der Waals surface area contributed by atoms with Crippen LogP contribution in [0.5, 0.6) is 0 Å². The van der Waals surface area contributed by atoms with Crippen molar-refractivity contribution in [1.29, 1.82) is 0 Å². The van der Waals surface area contributed by atoms with Crippen LogP contribution in [0.2, 0.25) is 0 Å². The van der Waals surface area contributed by atoms with Gasteiger partial charge in [-0.15, -0.1) is 0 Å². The number of fused-ring (bicyclic) bond motifs is 3. The Kier molecular flexibility index (Phi) is 6.60. The molecule has 4 heteroatoms. The molecule has 0 radical (unpaired) electrons. The van der Waals surface area contributed by atoms with Crippen molar-refractivity contribution >= 4 is 63.7 Å². The van der Waals surface area contributed by atoms with E-state index in [2.05, 4.69) is 175 Å². The second-order valence-electron chi connectivity index (χ2n) is 9.66. The number of rotatable bonds is 3. The maximum absolute atomic E-state index is 3.79. The van der Waals surface area contributed by atoms with Crippen LogP contribution in [0.25, 0.3) is 22.3 Å². The third-order valence-electron chi connectivity index (χ3n) is 7.34. The Bertz CT molecular complexity index is 1610. The highest BCUT2D eigenvalue weighted by Crippen LogP contribution is 2.59. The smallest absolute Gasteiger partial charge is 0.0620 e. The maximum Gasteiger partial charge on any atom is 0.0715 e. The van der Waals surface area contributed by atoms with Gasteiger partial charge in [0.1, 0.15) is 0 Å². The van der Waals surface area contributed by atoms with Gasteiger partial charge in [-0.05, 0) is 100 Å². The third kappa shape index (κ3) is 4.12. The van der Waals surface area contributed by atoms with Crippen molar-refractivity contribution in [3.63, 3.8) is 0 Å². The lowest BCUT2D eigenvalue weighted by molar-refractivity contribution is 0.765. The first-order valence-corrected chi connectivity index (χ1v) is 15.2. The molecule has 37 heavy (non-hydrogen) atoms. The molecule has 6 rings (SSSR count). The molecule has 0 spiro atoms. The van der Waals surface area contributed by atoms with E-state index in [4.69, 9.17) is 0 Å². The highest BCUT2D eigenvalue weighted by atomic mass is 79.9. The van der Waals surface area contributed by atoms with E-state index in [0.717, 1.165) is 17.9 Å². The monoisotopic (exact) mass is 734 g/mol. The number of hydrogen-bond donors (Lipinski definition) is 0. The topological polar surface area (TPSA) is 0 Å². The van der Waals surface area contributed by atoms with Crippen molar-refractivity contribution < 1.29 is 0 Å². The standard InChI is InChI=1S/C33H22Br4/c1-19-10-11-30-29(12-19)32-28(27-7-4-3-6-20(27)2)8-5-9-31(32)33(30,21-13-23(34)17-24(35)14-21)22-15-25(36)18-26(37)16-22/h3-18H,1-2H3. The molecule has 0 saturated heterocycles. The predicted molar refractivity (Wildman–Crippen MR) is 169 cm³/mol. The summed E-state index contributed by atoms with van der Waals surface area (Å²) in [6, 6.07) is 35.7. The molecule has 0 N–H and O–H groups in total. The Morgan fingerprint density at radius 3 is 1.65 bits per heavy atom. The lowest BCUT2D eigenvalue weighted by Gasteiger charge is -2.34. The average molecular weight is 738 g/mol. The van der Waals surface area contributed by atoms with Gasteiger partial charge in [0.05, 0.1) is 5.41 Å². The summed E-state index contributed by atoms with van der Waals surface area (Å²) in [5, 5.41) is 0. The zero-order valence-corrected chi connectivity index (χ0v) is 26.6. The number of hydrogen-bond acceptors (Lipinski definition) is 0. The highest BCUT2D eigenvalue weighted by molar-refractivity contribution is 9.11. The van der Waals surface area contributed by atoms with Gasteiger partial charge in [-0.2, -0.15) is 0 Å². The maximum atomic E-state index is 3.79.